The summed E-state index contributed by atoms with van der Waals surface area (Å²) in [4.78, 5) is 43.9. The number of aliphatic hydroxyl groups excluding tert-OH is 1. The summed E-state index contributed by atoms with van der Waals surface area (Å²) in [5.41, 5.74) is 0.718. The number of allylic oxidation sites excluding steroid dienone is 2. The third-order valence-electron chi connectivity index (χ3n) is 6.65. The lowest BCUT2D eigenvalue weighted by molar-refractivity contribution is -0.158. The van der Waals surface area contributed by atoms with E-state index in [0.29, 0.717) is 19.4 Å². The minimum atomic E-state index is -1.42. The number of halogens is 1. The average molecular weight is 532 g/mol. The first-order chi connectivity index (χ1) is 18.0. The summed E-state index contributed by atoms with van der Waals surface area (Å²) >= 11 is 0. The lowest BCUT2D eigenvalue weighted by atomic mass is 9.94. The maximum Gasteiger partial charge on any atom is 0.329 e. The first-order valence-electron chi connectivity index (χ1n) is 13.1. The molecule has 2 aliphatic rings. The van der Waals surface area contributed by atoms with Crippen molar-refractivity contribution in [3.8, 4) is 0 Å². The van der Waals surface area contributed by atoms with E-state index in [-0.39, 0.29) is 48.8 Å². The number of fused-ring (bicyclic) bond motifs is 3. The highest BCUT2D eigenvalue weighted by molar-refractivity contribution is 5.93. The van der Waals surface area contributed by atoms with Crippen LogP contribution in [0.25, 0.3) is 0 Å². The number of hydrogen-bond donors (Lipinski definition) is 2. The van der Waals surface area contributed by atoms with Crippen LogP contribution in [0.1, 0.15) is 63.4 Å². The van der Waals surface area contributed by atoms with E-state index in [1.165, 1.54) is 23.2 Å². The first-order valence-corrected chi connectivity index (χ1v) is 13.1. The molecule has 3 rings (SSSR count). The summed E-state index contributed by atoms with van der Waals surface area (Å²) < 4.78 is 26.0. The van der Waals surface area contributed by atoms with Crippen LogP contribution in [0.4, 0.5) is 4.39 Å². The number of hydrogen-bond acceptors (Lipinski definition) is 7. The van der Waals surface area contributed by atoms with E-state index in [9.17, 15) is 23.9 Å². The number of amides is 2. The number of alkyl halides is 1. The van der Waals surface area contributed by atoms with Crippen molar-refractivity contribution in [1.82, 2.24) is 15.2 Å². The van der Waals surface area contributed by atoms with Gasteiger partial charge in [0, 0.05) is 31.8 Å². The van der Waals surface area contributed by atoms with Gasteiger partial charge < -0.3 is 24.5 Å². The molecular weight excluding hydrogens is 493 g/mol. The maximum atomic E-state index is 14.6. The van der Waals surface area contributed by atoms with Gasteiger partial charge in [-0.1, -0.05) is 50.6 Å². The van der Waals surface area contributed by atoms with Gasteiger partial charge in [0.15, 0.2) is 0 Å². The summed E-state index contributed by atoms with van der Waals surface area (Å²) in [6.07, 6.45) is 7.21. The molecule has 0 radical (unpaired) electrons. The second-order valence-corrected chi connectivity index (χ2v) is 10.3. The largest absolute Gasteiger partial charge is 0.460 e. The quantitative estimate of drug-likeness (QED) is 0.533. The number of nitrogens with one attached hydrogen (secondary N) is 1. The highest BCUT2D eigenvalue weighted by atomic mass is 19.1. The lowest BCUT2D eigenvalue weighted by Gasteiger charge is -2.29. The molecule has 0 unspecified atom stereocenters. The Morgan fingerprint density at radius 3 is 2.74 bits per heavy atom. The van der Waals surface area contributed by atoms with E-state index in [4.69, 9.17) is 9.15 Å². The van der Waals surface area contributed by atoms with Crippen molar-refractivity contribution in [3.05, 3.63) is 53.8 Å². The number of rotatable bonds is 1. The van der Waals surface area contributed by atoms with Crippen LogP contribution in [0, 0.1) is 11.8 Å². The van der Waals surface area contributed by atoms with Crippen LogP contribution in [0.2, 0.25) is 0 Å². The molecule has 2 aliphatic heterocycles. The summed E-state index contributed by atoms with van der Waals surface area (Å²) in [5, 5.41) is 13.0. The Balaban J connectivity index is 1.85. The van der Waals surface area contributed by atoms with Crippen molar-refractivity contribution in [2.75, 3.05) is 13.1 Å². The molecular formula is C28H38FN3O6. The van der Waals surface area contributed by atoms with Crippen molar-refractivity contribution in [3.63, 3.8) is 0 Å². The monoisotopic (exact) mass is 531 g/mol. The zero-order valence-corrected chi connectivity index (χ0v) is 22.4. The molecule has 1 fully saturated rings. The fourth-order valence-corrected chi connectivity index (χ4v) is 4.74. The number of esters is 1. The highest BCUT2D eigenvalue weighted by Crippen LogP contribution is 2.25. The molecule has 0 aromatic carbocycles. The van der Waals surface area contributed by atoms with Crippen molar-refractivity contribution in [1.29, 1.82) is 0 Å². The van der Waals surface area contributed by atoms with Crippen molar-refractivity contribution >= 4 is 17.8 Å². The summed E-state index contributed by atoms with van der Waals surface area (Å²) in [7, 11) is 0. The molecule has 0 spiro atoms. The predicted molar refractivity (Wildman–Crippen MR) is 139 cm³/mol. The fraction of sp³-hybridized carbons (Fsp3) is 0.571. The molecule has 38 heavy (non-hydrogen) atoms. The minimum absolute atomic E-state index is 0.0299. The number of aromatic nitrogens is 1. The predicted octanol–water partition coefficient (Wildman–Crippen LogP) is 3.30. The molecule has 1 saturated heterocycles. The minimum Gasteiger partial charge on any atom is -0.460 e. The van der Waals surface area contributed by atoms with Crippen LogP contribution in [0.5, 0.6) is 0 Å². The Bertz CT molecular complexity index is 1080. The average Bonchev–Trinajstić information content (AvgIpc) is 3.52. The Morgan fingerprint density at radius 1 is 1.24 bits per heavy atom. The maximum absolute atomic E-state index is 14.6. The van der Waals surface area contributed by atoms with Crippen LogP contribution in [-0.2, 0) is 20.7 Å². The van der Waals surface area contributed by atoms with Gasteiger partial charge in [-0.2, -0.15) is 0 Å². The van der Waals surface area contributed by atoms with Gasteiger partial charge >= 0.3 is 11.9 Å². The van der Waals surface area contributed by atoms with Crippen molar-refractivity contribution in [2.24, 2.45) is 11.8 Å². The molecule has 2 N–H and O–H groups in total. The molecule has 9 nitrogen and oxygen atoms in total. The summed E-state index contributed by atoms with van der Waals surface area (Å²) in [6.45, 7) is 8.10. The van der Waals surface area contributed by atoms with Crippen molar-refractivity contribution < 1.29 is 33.0 Å². The van der Waals surface area contributed by atoms with Crippen LogP contribution < -0.4 is 5.32 Å². The molecule has 5 atom stereocenters. The molecule has 1 aromatic heterocycles. The first kappa shape index (κ1) is 29.3. The fourth-order valence-electron chi connectivity index (χ4n) is 4.74. The number of nitrogens with zero attached hydrogens (tertiary/aromatic N) is 2. The smallest absolute Gasteiger partial charge is 0.329 e. The number of ether oxygens (including phenoxy) is 1. The molecule has 3 heterocycles. The number of carbonyl (C=O) groups excluding carboxylic acids is 3. The summed E-state index contributed by atoms with van der Waals surface area (Å²) in [5.74, 6) is -1.68. The van der Waals surface area contributed by atoms with Crippen LogP contribution in [-0.4, -0.2) is 70.3 Å². The second-order valence-electron chi connectivity index (χ2n) is 10.3. The molecule has 2 amide bonds. The van der Waals surface area contributed by atoms with Gasteiger partial charge in [-0.3, -0.25) is 9.59 Å². The van der Waals surface area contributed by atoms with E-state index < -0.39 is 36.3 Å². The topological polar surface area (TPSA) is 122 Å². The van der Waals surface area contributed by atoms with E-state index in [2.05, 4.69) is 10.3 Å². The number of aliphatic hydroxyl groups is 1. The molecule has 10 heteroatoms. The number of cyclic esters (lactones) is 1. The Kier molecular flexibility index (Phi) is 10.4. The lowest BCUT2D eigenvalue weighted by Crippen LogP contribution is -2.44. The van der Waals surface area contributed by atoms with Gasteiger partial charge in [0.25, 0.3) is 5.89 Å². The van der Waals surface area contributed by atoms with Gasteiger partial charge in [-0.25, -0.2) is 14.2 Å². The zero-order chi connectivity index (χ0) is 27.8. The van der Waals surface area contributed by atoms with E-state index >= 15 is 0 Å². The molecule has 0 aliphatic carbocycles. The third-order valence-corrected chi connectivity index (χ3v) is 6.65. The molecule has 1 aromatic rings. The van der Waals surface area contributed by atoms with E-state index in [1.807, 2.05) is 20.8 Å². The molecule has 0 saturated carbocycles. The summed E-state index contributed by atoms with van der Waals surface area (Å²) in [6, 6.07) is -0.786. The SMILES string of the molecule is CC1=C[C@@H](O)C[C@@H](F)Cc2cnc(o2)C(=O)N2CCC[C@@H]2C(=O)O[C@H](C(C)C)[C@H](C)/C=C/C(=O)NCC=C1. The van der Waals surface area contributed by atoms with Gasteiger partial charge in [0.05, 0.1) is 12.3 Å². The van der Waals surface area contributed by atoms with Crippen molar-refractivity contribution in [2.45, 2.75) is 77.8 Å². The van der Waals surface area contributed by atoms with Crippen LogP contribution >= 0.6 is 0 Å². The number of oxazole rings is 1. The molecule has 208 valence electrons. The third kappa shape index (κ3) is 8.11. The van der Waals surface area contributed by atoms with Gasteiger partial charge in [0.1, 0.15) is 24.1 Å². The van der Waals surface area contributed by atoms with Crippen LogP contribution in [0.3, 0.4) is 0 Å². The standard InChI is InChI=1S/C28H38FN3O6/c1-17(2)25-19(4)9-10-24(34)30-11-5-7-18(3)13-21(33)14-20(29)15-22-16-31-26(37-22)27(35)32-12-6-8-23(32)28(36)38-25/h5,7,9-10,13,16-17,19-21,23,25,33H,6,8,11-12,14-15H2,1-4H3,(H,30,34)/b7-5?,10-9+,18-13?/t19-,20-,21-,23-,25-/m1/s1. The van der Waals surface area contributed by atoms with Crippen LogP contribution in [0.15, 0.2) is 46.6 Å². The van der Waals surface area contributed by atoms with Gasteiger partial charge in [0.2, 0.25) is 5.91 Å². The van der Waals surface area contributed by atoms with Gasteiger partial charge in [-0.05, 0) is 31.8 Å². The van der Waals surface area contributed by atoms with E-state index in [0.717, 1.165) is 5.57 Å². The Morgan fingerprint density at radius 2 is 2.00 bits per heavy atom. The number of carbonyl (C=O) groups is 3. The Labute approximate surface area is 222 Å². The molecule has 2 bridgehead atoms. The highest BCUT2D eigenvalue weighted by Gasteiger charge is 2.39. The normalized spacial score (nSPS) is 29.4. The second kappa shape index (κ2) is 13.5. The van der Waals surface area contributed by atoms with Gasteiger partial charge in [-0.15, -0.1) is 0 Å². The zero-order valence-electron chi connectivity index (χ0n) is 22.4. The van der Waals surface area contributed by atoms with E-state index in [1.54, 1.807) is 25.2 Å². The Hall–Kier alpha value is -3.27.